The highest BCUT2D eigenvalue weighted by Crippen LogP contribution is 2.33. The third kappa shape index (κ3) is 3.51. The number of anilines is 2. The van der Waals surface area contributed by atoms with Gasteiger partial charge in [-0.25, -0.2) is 0 Å². The molecule has 1 atom stereocenters. The van der Waals surface area contributed by atoms with Crippen LogP contribution in [0.5, 0.6) is 5.75 Å². The molecule has 0 saturated carbocycles. The maximum atomic E-state index is 12.6. The molecule has 1 aliphatic heterocycles. The van der Waals surface area contributed by atoms with Gasteiger partial charge in [0.15, 0.2) is 6.10 Å². The van der Waals surface area contributed by atoms with Crippen molar-refractivity contribution in [1.82, 2.24) is 5.32 Å². The van der Waals surface area contributed by atoms with Gasteiger partial charge >= 0.3 is 0 Å². The molecule has 0 bridgehead atoms. The Labute approximate surface area is 150 Å². The monoisotopic (exact) mass is 353 g/mol. The number of rotatable bonds is 3. The number of nitrogens with zero attached hydrogens (tertiary/aromatic N) is 1. The van der Waals surface area contributed by atoms with Gasteiger partial charge < -0.3 is 20.3 Å². The number of carbonyl (C=O) groups excluding carboxylic acids is 3. The molecule has 7 heteroatoms. The van der Waals surface area contributed by atoms with E-state index in [1.54, 1.807) is 49.5 Å². The predicted molar refractivity (Wildman–Crippen MR) is 97.3 cm³/mol. The minimum Gasteiger partial charge on any atom is -0.476 e. The summed E-state index contributed by atoms with van der Waals surface area (Å²) in [6.07, 6.45) is -0.826. The van der Waals surface area contributed by atoms with Gasteiger partial charge in [-0.1, -0.05) is 12.1 Å². The number of amides is 3. The van der Waals surface area contributed by atoms with Crippen LogP contribution in [-0.2, 0) is 9.59 Å². The fraction of sp³-hybridized carbons (Fsp3) is 0.211. The molecule has 3 amide bonds. The second-order valence-corrected chi connectivity index (χ2v) is 5.85. The van der Waals surface area contributed by atoms with Crippen LogP contribution in [0.15, 0.2) is 48.5 Å². The van der Waals surface area contributed by atoms with E-state index in [0.29, 0.717) is 22.7 Å². The maximum Gasteiger partial charge on any atom is 0.267 e. The van der Waals surface area contributed by atoms with Gasteiger partial charge in [0, 0.05) is 25.2 Å². The van der Waals surface area contributed by atoms with E-state index in [-0.39, 0.29) is 24.3 Å². The molecule has 0 radical (unpaired) electrons. The van der Waals surface area contributed by atoms with E-state index in [1.165, 1.54) is 11.8 Å². The van der Waals surface area contributed by atoms with E-state index in [0.717, 1.165) is 0 Å². The normalized spacial score (nSPS) is 15.5. The molecule has 2 aromatic carbocycles. The summed E-state index contributed by atoms with van der Waals surface area (Å²) in [4.78, 5) is 37.6. The molecule has 1 aliphatic rings. The summed E-state index contributed by atoms with van der Waals surface area (Å²) in [5.41, 5.74) is 1.69. The van der Waals surface area contributed by atoms with E-state index in [9.17, 15) is 14.4 Å². The van der Waals surface area contributed by atoms with Gasteiger partial charge in [0.05, 0.1) is 12.2 Å². The molecular formula is C19H19N3O4. The zero-order chi connectivity index (χ0) is 18.7. The molecular weight excluding hydrogens is 334 g/mol. The minimum atomic E-state index is -0.826. The molecule has 26 heavy (non-hydrogen) atoms. The molecule has 0 saturated heterocycles. The molecule has 1 heterocycles. The van der Waals surface area contributed by atoms with Gasteiger partial charge in [-0.15, -0.1) is 0 Å². The molecule has 0 aromatic heterocycles. The Morgan fingerprint density at radius 1 is 1.08 bits per heavy atom. The van der Waals surface area contributed by atoms with Crippen LogP contribution in [0.4, 0.5) is 11.4 Å². The van der Waals surface area contributed by atoms with Crippen molar-refractivity contribution >= 4 is 29.1 Å². The van der Waals surface area contributed by atoms with E-state index >= 15 is 0 Å². The zero-order valence-electron chi connectivity index (χ0n) is 14.5. The largest absolute Gasteiger partial charge is 0.476 e. The van der Waals surface area contributed by atoms with Crippen molar-refractivity contribution in [1.29, 1.82) is 0 Å². The summed E-state index contributed by atoms with van der Waals surface area (Å²) in [6, 6.07) is 13.6. The third-order valence-electron chi connectivity index (χ3n) is 4.09. The van der Waals surface area contributed by atoms with Crippen molar-refractivity contribution in [3.8, 4) is 5.75 Å². The van der Waals surface area contributed by atoms with Crippen molar-refractivity contribution in [2.45, 2.75) is 13.0 Å². The average Bonchev–Trinajstić information content (AvgIpc) is 2.66. The minimum absolute atomic E-state index is 0.133. The molecule has 3 rings (SSSR count). The van der Waals surface area contributed by atoms with Crippen LogP contribution in [0.25, 0.3) is 0 Å². The van der Waals surface area contributed by atoms with Crippen molar-refractivity contribution in [3.63, 3.8) is 0 Å². The lowest BCUT2D eigenvalue weighted by molar-refractivity contribution is -0.123. The van der Waals surface area contributed by atoms with Gasteiger partial charge in [0.1, 0.15) is 5.75 Å². The Morgan fingerprint density at radius 2 is 1.77 bits per heavy atom. The molecule has 0 aliphatic carbocycles. The SMILES string of the molecule is CNC(=O)c1ccc(NC(=O)C2CN(C(C)=O)c3ccccc3O2)cc1. The lowest BCUT2D eigenvalue weighted by atomic mass is 10.1. The van der Waals surface area contributed by atoms with Gasteiger partial charge in [-0.3, -0.25) is 14.4 Å². The summed E-state index contributed by atoms with van der Waals surface area (Å²) in [7, 11) is 1.55. The van der Waals surface area contributed by atoms with Crippen molar-refractivity contribution in [2.75, 3.05) is 23.8 Å². The summed E-state index contributed by atoms with van der Waals surface area (Å²) < 4.78 is 5.76. The molecule has 2 aromatic rings. The number of ether oxygens (including phenoxy) is 1. The molecule has 134 valence electrons. The lowest BCUT2D eigenvalue weighted by Gasteiger charge is -2.33. The van der Waals surface area contributed by atoms with E-state index < -0.39 is 6.10 Å². The molecule has 0 fully saturated rings. The Kier molecular flexibility index (Phi) is 4.88. The van der Waals surface area contributed by atoms with Gasteiger partial charge in [0.25, 0.3) is 11.8 Å². The van der Waals surface area contributed by atoms with Crippen LogP contribution in [0.3, 0.4) is 0 Å². The van der Waals surface area contributed by atoms with Crippen molar-refractivity contribution < 1.29 is 19.1 Å². The third-order valence-corrected chi connectivity index (χ3v) is 4.09. The Bertz CT molecular complexity index is 848. The fourth-order valence-electron chi connectivity index (χ4n) is 2.74. The van der Waals surface area contributed by atoms with E-state index in [2.05, 4.69) is 10.6 Å². The van der Waals surface area contributed by atoms with Crippen LogP contribution in [0.1, 0.15) is 17.3 Å². The summed E-state index contributed by atoms with van der Waals surface area (Å²) >= 11 is 0. The van der Waals surface area contributed by atoms with Crippen LogP contribution < -0.4 is 20.3 Å². The first kappa shape index (κ1) is 17.5. The van der Waals surface area contributed by atoms with Crippen LogP contribution >= 0.6 is 0 Å². The molecule has 7 nitrogen and oxygen atoms in total. The number of hydrogen-bond donors (Lipinski definition) is 2. The van der Waals surface area contributed by atoms with E-state index in [1.807, 2.05) is 6.07 Å². The number of benzene rings is 2. The Hall–Kier alpha value is -3.35. The van der Waals surface area contributed by atoms with Crippen LogP contribution in [0, 0.1) is 0 Å². The second kappa shape index (κ2) is 7.26. The first-order valence-corrected chi connectivity index (χ1v) is 8.16. The summed E-state index contributed by atoms with van der Waals surface area (Å²) in [5, 5.41) is 5.29. The van der Waals surface area contributed by atoms with E-state index in [4.69, 9.17) is 4.74 Å². The zero-order valence-corrected chi connectivity index (χ0v) is 14.5. The highest BCUT2D eigenvalue weighted by atomic mass is 16.5. The molecule has 0 spiro atoms. The predicted octanol–water partition coefficient (Wildman–Crippen LogP) is 1.80. The lowest BCUT2D eigenvalue weighted by Crippen LogP contribution is -2.48. The highest BCUT2D eigenvalue weighted by molar-refractivity contribution is 6.00. The van der Waals surface area contributed by atoms with Crippen molar-refractivity contribution in [3.05, 3.63) is 54.1 Å². The number of nitrogens with one attached hydrogen (secondary N) is 2. The van der Waals surface area contributed by atoms with Crippen LogP contribution in [-0.4, -0.2) is 37.4 Å². The standard InChI is InChI=1S/C19H19N3O4/c1-12(23)22-11-17(26-16-6-4-3-5-15(16)22)19(25)21-14-9-7-13(8-10-14)18(24)20-2/h3-10,17H,11H2,1-2H3,(H,20,24)(H,21,25). The van der Waals surface area contributed by atoms with Gasteiger partial charge in [-0.05, 0) is 36.4 Å². The number of hydrogen-bond acceptors (Lipinski definition) is 4. The average molecular weight is 353 g/mol. The van der Waals surface area contributed by atoms with Crippen molar-refractivity contribution in [2.24, 2.45) is 0 Å². The Balaban J connectivity index is 1.74. The molecule has 2 N–H and O–H groups in total. The topological polar surface area (TPSA) is 87.7 Å². The smallest absolute Gasteiger partial charge is 0.267 e. The number of carbonyl (C=O) groups is 3. The van der Waals surface area contributed by atoms with Gasteiger partial charge in [0.2, 0.25) is 5.91 Å². The number of fused-ring (bicyclic) bond motifs is 1. The molecule has 1 unspecified atom stereocenters. The first-order chi connectivity index (χ1) is 12.5. The number of para-hydroxylation sites is 2. The van der Waals surface area contributed by atoms with Gasteiger partial charge in [-0.2, -0.15) is 0 Å². The first-order valence-electron chi connectivity index (χ1n) is 8.16. The van der Waals surface area contributed by atoms with Crippen LogP contribution in [0.2, 0.25) is 0 Å². The second-order valence-electron chi connectivity index (χ2n) is 5.85. The maximum absolute atomic E-state index is 12.6. The summed E-state index contributed by atoms with van der Waals surface area (Å²) in [6.45, 7) is 1.59. The quantitative estimate of drug-likeness (QED) is 0.881. The fourth-order valence-corrected chi connectivity index (χ4v) is 2.74. The highest BCUT2D eigenvalue weighted by Gasteiger charge is 2.32. The summed E-state index contributed by atoms with van der Waals surface area (Å²) in [5.74, 6) is -0.233. The Morgan fingerprint density at radius 3 is 2.42 bits per heavy atom.